The van der Waals surface area contributed by atoms with Gasteiger partial charge in [0, 0.05) is 56.2 Å². The summed E-state index contributed by atoms with van der Waals surface area (Å²) >= 11 is 0. The Morgan fingerprint density at radius 1 is 1.03 bits per heavy atom. The number of amides is 1. The van der Waals surface area contributed by atoms with E-state index >= 15 is 0 Å². The van der Waals surface area contributed by atoms with Crippen LogP contribution in [0.2, 0.25) is 0 Å². The van der Waals surface area contributed by atoms with Crippen molar-refractivity contribution < 1.29 is 18.0 Å². The van der Waals surface area contributed by atoms with E-state index in [9.17, 15) is 18.0 Å². The van der Waals surface area contributed by atoms with Gasteiger partial charge in [-0.15, -0.1) is 0 Å². The molecule has 1 saturated heterocycles. The molecule has 194 valence electrons. The second-order valence-corrected chi connectivity index (χ2v) is 9.02. The fourth-order valence-corrected chi connectivity index (χ4v) is 4.18. The average molecular weight is 520 g/mol. The van der Waals surface area contributed by atoms with Crippen LogP contribution in [0.1, 0.15) is 32.7 Å². The van der Waals surface area contributed by atoms with E-state index < -0.39 is 17.6 Å². The van der Waals surface area contributed by atoms with Crippen LogP contribution in [0.3, 0.4) is 0 Å². The molecule has 3 aromatic heterocycles. The third kappa shape index (κ3) is 5.82. The van der Waals surface area contributed by atoms with Gasteiger partial charge in [-0.25, -0.2) is 14.5 Å². The van der Waals surface area contributed by atoms with E-state index in [1.165, 1.54) is 18.3 Å². The van der Waals surface area contributed by atoms with Crippen LogP contribution < -0.4 is 5.32 Å². The highest BCUT2D eigenvalue weighted by atomic mass is 19.4. The predicted octanol–water partition coefficient (Wildman–Crippen LogP) is 3.54. The van der Waals surface area contributed by atoms with Gasteiger partial charge in [0.2, 0.25) is 0 Å². The zero-order chi connectivity index (χ0) is 26.7. The van der Waals surface area contributed by atoms with Crippen molar-refractivity contribution in [3.8, 4) is 11.8 Å². The number of hydrogen-bond donors (Lipinski definition) is 1. The number of piperazine rings is 1. The summed E-state index contributed by atoms with van der Waals surface area (Å²) in [5.74, 6) is 5.43. The Labute approximate surface area is 217 Å². The molecule has 0 spiro atoms. The minimum atomic E-state index is -4.58. The number of carbonyl (C=O) groups is 1. The Balaban J connectivity index is 1.32. The molecule has 11 heteroatoms. The van der Waals surface area contributed by atoms with Gasteiger partial charge >= 0.3 is 6.18 Å². The molecule has 8 nitrogen and oxygen atoms in total. The standard InChI is InChI=1S/C27H24F3N7O/c1-35-11-13-36(14-12-35)18-21-6-5-20(16-23(21)27(28,29)30)26(38)34-24-15-19(8-10-31-24)4-7-22-17-32-25-3-2-9-33-37(22)25/h2-3,5-6,8-10,15-17H,11-14,18H2,1H3,(H,31,34,38). The van der Waals surface area contributed by atoms with Gasteiger partial charge in [0.15, 0.2) is 5.65 Å². The molecule has 0 aliphatic carbocycles. The molecule has 1 amide bonds. The fraction of sp³-hybridized carbons (Fsp3) is 0.259. The van der Waals surface area contributed by atoms with E-state index in [1.54, 1.807) is 41.2 Å². The van der Waals surface area contributed by atoms with E-state index in [0.717, 1.165) is 19.2 Å². The van der Waals surface area contributed by atoms with Crippen LogP contribution in [0.4, 0.5) is 19.0 Å². The summed E-state index contributed by atoms with van der Waals surface area (Å²) in [4.78, 5) is 25.3. The van der Waals surface area contributed by atoms with E-state index in [0.29, 0.717) is 30.0 Å². The molecule has 38 heavy (non-hydrogen) atoms. The highest BCUT2D eigenvalue weighted by Gasteiger charge is 2.34. The first-order valence-electron chi connectivity index (χ1n) is 12.0. The number of nitrogens with zero attached hydrogens (tertiary/aromatic N) is 6. The molecular weight excluding hydrogens is 495 g/mol. The predicted molar refractivity (Wildman–Crippen MR) is 135 cm³/mol. The van der Waals surface area contributed by atoms with Gasteiger partial charge in [0.25, 0.3) is 5.91 Å². The molecule has 0 unspecified atom stereocenters. The average Bonchev–Trinajstić information content (AvgIpc) is 3.32. The molecule has 0 saturated carbocycles. The Hall–Kier alpha value is -4.27. The summed E-state index contributed by atoms with van der Waals surface area (Å²) < 4.78 is 43.3. The number of pyridine rings is 1. The maximum atomic E-state index is 13.9. The number of nitrogens with one attached hydrogen (secondary N) is 1. The molecule has 0 atom stereocenters. The number of anilines is 1. The zero-order valence-corrected chi connectivity index (χ0v) is 20.5. The zero-order valence-electron chi connectivity index (χ0n) is 20.5. The molecule has 1 aliphatic heterocycles. The number of fused-ring (bicyclic) bond motifs is 1. The molecule has 1 N–H and O–H groups in total. The van der Waals surface area contributed by atoms with E-state index in [-0.39, 0.29) is 23.5 Å². The monoisotopic (exact) mass is 519 g/mol. The number of hydrogen-bond acceptors (Lipinski definition) is 6. The first kappa shape index (κ1) is 25.4. The van der Waals surface area contributed by atoms with Gasteiger partial charge in [0.1, 0.15) is 11.5 Å². The Kier molecular flexibility index (Phi) is 7.09. The van der Waals surface area contributed by atoms with Crippen molar-refractivity contribution in [2.24, 2.45) is 0 Å². The molecule has 4 aromatic rings. The number of carbonyl (C=O) groups excluding carboxylic acids is 1. The van der Waals surface area contributed by atoms with Crippen molar-refractivity contribution in [2.75, 3.05) is 38.5 Å². The van der Waals surface area contributed by atoms with Crippen LogP contribution in [0, 0.1) is 11.8 Å². The topological polar surface area (TPSA) is 78.7 Å². The number of aromatic nitrogens is 4. The largest absolute Gasteiger partial charge is 0.416 e. The van der Waals surface area contributed by atoms with Gasteiger partial charge in [-0.3, -0.25) is 9.69 Å². The third-order valence-electron chi connectivity index (χ3n) is 6.28. The van der Waals surface area contributed by atoms with Crippen LogP contribution in [0.5, 0.6) is 0 Å². The second-order valence-electron chi connectivity index (χ2n) is 9.02. The van der Waals surface area contributed by atoms with Crippen molar-refractivity contribution in [1.29, 1.82) is 0 Å². The summed E-state index contributed by atoms with van der Waals surface area (Å²) in [6.45, 7) is 3.15. The summed E-state index contributed by atoms with van der Waals surface area (Å²) in [6, 6.07) is 10.5. The molecule has 1 fully saturated rings. The van der Waals surface area contributed by atoms with Crippen LogP contribution in [0.25, 0.3) is 5.65 Å². The van der Waals surface area contributed by atoms with Gasteiger partial charge in [0.05, 0.1) is 11.8 Å². The van der Waals surface area contributed by atoms with Gasteiger partial charge in [-0.05, 0) is 54.9 Å². The maximum absolute atomic E-state index is 13.9. The molecule has 5 rings (SSSR count). The number of alkyl halides is 3. The first-order valence-corrected chi connectivity index (χ1v) is 12.0. The summed E-state index contributed by atoms with van der Waals surface area (Å²) in [7, 11) is 1.99. The lowest BCUT2D eigenvalue weighted by Crippen LogP contribution is -2.44. The quantitative estimate of drug-likeness (QED) is 0.416. The van der Waals surface area contributed by atoms with Crippen LogP contribution >= 0.6 is 0 Å². The van der Waals surface area contributed by atoms with Crippen molar-refractivity contribution in [3.05, 3.63) is 89.0 Å². The summed E-state index contributed by atoms with van der Waals surface area (Å²) in [5, 5.41) is 6.78. The van der Waals surface area contributed by atoms with Crippen molar-refractivity contribution >= 4 is 17.4 Å². The minimum absolute atomic E-state index is 0.102. The highest BCUT2D eigenvalue weighted by Crippen LogP contribution is 2.33. The van der Waals surface area contributed by atoms with Gasteiger partial charge in [-0.2, -0.15) is 18.3 Å². The third-order valence-corrected chi connectivity index (χ3v) is 6.28. The van der Waals surface area contributed by atoms with Crippen LogP contribution in [0.15, 0.2) is 61.1 Å². The van der Waals surface area contributed by atoms with Gasteiger partial charge in [-0.1, -0.05) is 12.0 Å². The molecule has 0 bridgehead atoms. The Morgan fingerprint density at radius 2 is 1.84 bits per heavy atom. The lowest BCUT2D eigenvalue weighted by molar-refractivity contribution is -0.138. The fourth-order valence-electron chi connectivity index (χ4n) is 4.18. The number of imidazole rings is 1. The van der Waals surface area contributed by atoms with Gasteiger partial charge < -0.3 is 10.2 Å². The summed E-state index contributed by atoms with van der Waals surface area (Å²) in [6.07, 6.45) is 0.110. The molecule has 0 radical (unpaired) electrons. The number of rotatable bonds is 4. The molecule has 1 aromatic carbocycles. The van der Waals surface area contributed by atoms with Crippen molar-refractivity contribution in [2.45, 2.75) is 12.7 Å². The number of likely N-dealkylation sites (N-methyl/N-ethyl adjacent to an activating group) is 1. The number of benzene rings is 1. The minimum Gasteiger partial charge on any atom is -0.307 e. The van der Waals surface area contributed by atoms with E-state index in [1.807, 2.05) is 11.9 Å². The lowest BCUT2D eigenvalue weighted by atomic mass is 10.0. The Morgan fingerprint density at radius 3 is 2.63 bits per heavy atom. The second kappa shape index (κ2) is 10.6. The smallest absolute Gasteiger partial charge is 0.307 e. The number of halogens is 3. The normalized spacial score (nSPS) is 14.7. The van der Waals surface area contributed by atoms with Crippen LogP contribution in [-0.2, 0) is 12.7 Å². The first-order chi connectivity index (χ1) is 18.3. The Bertz CT molecular complexity index is 1530. The highest BCUT2D eigenvalue weighted by molar-refractivity contribution is 6.04. The van der Waals surface area contributed by atoms with Crippen LogP contribution in [-0.4, -0.2) is 68.5 Å². The van der Waals surface area contributed by atoms with Crippen molar-refractivity contribution in [3.63, 3.8) is 0 Å². The van der Waals surface area contributed by atoms with Crippen molar-refractivity contribution in [1.82, 2.24) is 29.4 Å². The SMILES string of the molecule is CN1CCN(Cc2ccc(C(=O)Nc3cc(C#Cc4cnc5cccnn45)ccn3)cc2C(F)(F)F)CC1. The summed E-state index contributed by atoms with van der Waals surface area (Å²) in [5.41, 5.74) is 1.04. The molecule has 4 heterocycles. The van der Waals surface area contributed by atoms with E-state index in [4.69, 9.17) is 0 Å². The van der Waals surface area contributed by atoms with E-state index in [2.05, 4.69) is 37.1 Å². The molecular formula is C27H24F3N7O. The molecule has 1 aliphatic rings. The lowest BCUT2D eigenvalue weighted by Gasteiger charge is -2.33. The maximum Gasteiger partial charge on any atom is 0.416 e.